The molecule has 2 amide bonds. The van der Waals surface area contributed by atoms with E-state index in [1.54, 1.807) is 24.3 Å². The average Bonchev–Trinajstić information content (AvgIpc) is 3.39. The first-order valence-electron chi connectivity index (χ1n) is 11.1. The van der Waals surface area contributed by atoms with Crippen molar-refractivity contribution in [3.05, 3.63) is 103 Å². The predicted molar refractivity (Wildman–Crippen MR) is 130 cm³/mol. The summed E-state index contributed by atoms with van der Waals surface area (Å²) in [6, 6.07) is 20.9. The molecule has 184 valence electrons. The van der Waals surface area contributed by atoms with E-state index in [9.17, 15) is 14.0 Å². The van der Waals surface area contributed by atoms with Crippen molar-refractivity contribution in [1.82, 2.24) is 20.3 Å². The summed E-state index contributed by atoms with van der Waals surface area (Å²) in [7, 11) is 0. The van der Waals surface area contributed by atoms with Crippen LogP contribution >= 0.6 is 0 Å². The summed E-state index contributed by atoms with van der Waals surface area (Å²) in [6.45, 7) is 0.117. The third kappa shape index (κ3) is 7.47. The van der Waals surface area contributed by atoms with E-state index >= 15 is 0 Å². The summed E-state index contributed by atoms with van der Waals surface area (Å²) in [5.41, 5.74) is 1.45. The molecule has 2 N–H and O–H groups in total. The van der Waals surface area contributed by atoms with Crippen LogP contribution in [0.1, 0.15) is 5.56 Å². The number of hydrogen-bond acceptors (Lipinski definition) is 6. The van der Waals surface area contributed by atoms with Crippen LogP contribution < -0.4 is 15.4 Å². The van der Waals surface area contributed by atoms with E-state index in [2.05, 4.69) is 20.8 Å². The maximum Gasteiger partial charge on any atom is 0.249 e. The quantitative estimate of drug-likeness (QED) is 0.334. The van der Waals surface area contributed by atoms with Crippen molar-refractivity contribution in [3.63, 3.8) is 0 Å². The molecule has 0 unspecified atom stereocenters. The lowest BCUT2D eigenvalue weighted by Gasteiger charge is -2.19. The number of nitrogens with one attached hydrogen (secondary N) is 2. The van der Waals surface area contributed by atoms with Gasteiger partial charge in [0.15, 0.2) is 0 Å². The van der Waals surface area contributed by atoms with Gasteiger partial charge in [-0.25, -0.2) is 4.39 Å². The Morgan fingerprint density at radius 3 is 2.19 bits per heavy atom. The van der Waals surface area contributed by atoms with E-state index in [-0.39, 0.29) is 25.6 Å². The molecule has 0 aliphatic carbocycles. The number of benzene rings is 3. The minimum absolute atomic E-state index is 0.0369. The molecular formula is C26H24FN5O4. The summed E-state index contributed by atoms with van der Waals surface area (Å²) in [5, 5.41) is 13.3. The van der Waals surface area contributed by atoms with Crippen LogP contribution in [0.4, 0.5) is 10.1 Å². The van der Waals surface area contributed by atoms with Gasteiger partial charge in [0.1, 0.15) is 29.9 Å². The lowest BCUT2D eigenvalue weighted by Crippen LogP contribution is -2.47. The van der Waals surface area contributed by atoms with Crippen molar-refractivity contribution in [2.75, 3.05) is 11.9 Å². The summed E-state index contributed by atoms with van der Waals surface area (Å²) in [5.74, 6) is -0.231. The van der Waals surface area contributed by atoms with Crippen LogP contribution in [0.5, 0.6) is 11.5 Å². The lowest BCUT2D eigenvalue weighted by atomic mass is 10.2. The second-order valence-electron chi connectivity index (χ2n) is 7.75. The highest BCUT2D eigenvalue weighted by Crippen LogP contribution is 2.23. The Morgan fingerprint density at radius 2 is 1.53 bits per heavy atom. The Hall–Kier alpha value is -4.57. The minimum atomic E-state index is -0.952. The molecular weight excluding hydrogens is 465 g/mol. The van der Waals surface area contributed by atoms with Gasteiger partial charge < -0.3 is 20.1 Å². The van der Waals surface area contributed by atoms with Crippen molar-refractivity contribution in [1.29, 1.82) is 0 Å². The first kappa shape index (κ1) is 24.6. The number of carbonyl (C=O) groups is 2. The van der Waals surface area contributed by atoms with Crippen molar-refractivity contribution in [2.45, 2.75) is 19.2 Å². The third-order valence-corrected chi connectivity index (χ3v) is 4.97. The first-order valence-corrected chi connectivity index (χ1v) is 11.1. The normalized spacial score (nSPS) is 11.5. The van der Waals surface area contributed by atoms with E-state index in [1.807, 2.05) is 30.3 Å². The fraction of sp³-hybridized carbons (Fsp3) is 0.154. The van der Waals surface area contributed by atoms with E-state index < -0.39 is 17.9 Å². The van der Waals surface area contributed by atoms with Crippen LogP contribution in [0, 0.1) is 5.82 Å². The predicted octanol–water partition coefficient (Wildman–Crippen LogP) is 3.55. The largest absolute Gasteiger partial charge is 0.457 e. The van der Waals surface area contributed by atoms with Gasteiger partial charge in [-0.2, -0.15) is 15.0 Å². The molecule has 9 nitrogen and oxygen atoms in total. The molecule has 0 fully saturated rings. The maximum absolute atomic E-state index is 13.1. The Bertz CT molecular complexity index is 1250. The first-order chi connectivity index (χ1) is 17.5. The highest BCUT2D eigenvalue weighted by Gasteiger charge is 2.22. The number of rotatable bonds is 11. The molecule has 3 aromatic carbocycles. The summed E-state index contributed by atoms with van der Waals surface area (Å²) in [6.07, 6.45) is 2.92. The van der Waals surface area contributed by atoms with Gasteiger partial charge in [-0.15, -0.1) is 0 Å². The molecule has 0 spiro atoms. The Morgan fingerprint density at radius 1 is 0.889 bits per heavy atom. The van der Waals surface area contributed by atoms with Crippen LogP contribution in [0.2, 0.25) is 0 Å². The second kappa shape index (κ2) is 12.2. The van der Waals surface area contributed by atoms with E-state index in [0.29, 0.717) is 17.2 Å². The zero-order chi connectivity index (χ0) is 25.2. The SMILES string of the molecule is O=C(Cn1nccn1)N[C@@H](COCc1ccccc1)C(=O)Nc1ccc(Oc2ccc(F)cc2)cc1. The van der Waals surface area contributed by atoms with Gasteiger partial charge in [0.05, 0.1) is 25.6 Å². The third-order valence-electron chi connectivity index (χ3n) is 4.97. The number of ether oxygens (including phenoxy) is 2. The second-order valence-corrected chi connectivity index (χ2v) is 7.75. The lowest BCUT2D eigenvalue weighted by molar-refractivity contribution is -0.128. The summed E-state index contributed by atoms with van der Waals surface area (Å²) in [4.78, 5) is 26.7. The fourth-order valence-corrected chi connectivity index (χ4v) is 3.22. The molecule has 0 bridgehead atoms. The maximum atomic E-state index is 13.1. The molecule has 4 aromatic rings. The number of amides is 2. The van der Waals surface area contributed by atoms with Gasteiger partial charge in [0.2, 0.25) is 11.8 Å². The van der Waals surface area contributed by atoms with E-state index in [1.165, 1.54) is 41.5 Å². The van der Waals surface area contributed by atoms with Gasteiger partial charge in [-0.3, -0.25) is 9.59 Å². The number of halogens is 1. The molecule has 0 saturated carbocycles. The Labute approximate surface area is 206 Å². The molecule has 1 atom stereocenters. The molecule has 10 heteroatoms. The van der Waals surface area contributed by atoms with Gasteiger partial charge in [0.25, 0.3) is 0 Å². The summed E-state index contributed by atoms with van der Waals surface area (Å²) < 4.78 is 24.4. The number of nitrogens with zero attached hydrogens (tertiary/aromatic N) is 3. The zero-order valence-electron chi connectivity index (χ0n) is 19.2. The van der Waals surface area contributed by atoms with Crippen LogP contribution in [-0.4, -0.2) is 39.5 Å². The number of hydrogen-bond donors (Lipinski definition) is 2. The van der Waals surface area contributed by atoms with Crippen molar-refractivity contribution in [2.24, 2.45) is 0 Å². The molecule has 1 heterocycles. The molecule has 0 aliphatic rings. The summed E-state index contributed by atoms with van der Waals surface area (Å²) >= 11 is 0. The number of anilines is 1. The average molecular weight is 490 g/mol. The molecule has 36 heavy (non-hydrogen) atoms. The molecule has 0 radical (unpaired) electrons. The van der Waals surface area contributed by atoms with E-state index in [4.69, 9.17) is 9.47 Å². The van der Waals surface area contributed by atoms with Crippen molar-refractivity contribution >= 4 is 17.5 Å². The monoisotopic (exact) mass is 489 g/mol. The molecule has 0 aliphatic heterocycles. The van der Waals surface area contributed by atoms with Crippen LogP contribution in [0.15, 0.2) is 91.3 Å². The minimum Gasteiger partial charge on any atom is -0.457 e. The number of aromatic nitrogens is 3. The fourth-order valence-electron chi connectivity index (χ4n) is 3.22. The molecule has 0 saturated heterocycles. The Balaban J connectivity index is 1.36. The van der Waals surface area contributed by atoms with Crippen molar-refractivity contribution < 1.29 is 23.5 Å². The van der Waals surface area contributed by atoms with Gasteiger partial charge >= 0.3 is 0 Å². The van der Waals surface area contributed by atoms with Crippen LogP contribution in [-0.2, 0) is 27.5 Å². The Kier molecular flexibility index (Phi) is 8.34. The molecule has 1 aromatic heterocycles. The van der Waals surface area contributed by atoms with Crippen LogP contribution in [0.3, 0.4) is 0 Å². The van der Waals surface area contributed by atoms with Crippen LogP contribution in [0.25, 0.3) is 0 Å². The zero-order valence-corrected chi connectivity index (χ0v) is 19.2. The van der Waals surface area contributed by atoms with E-state index in [0.717, 1.165) is 5.56 Å². The molecule has 4 rings (SSSR count). The standard InChI is InChI=1S/C26H24FN5O4/c27-20-6-10-22(11-7-20)36-23-12-8-21(9-13-23)30-26(34)24(18-35-17-19-4-2-1-3-5-19)31-25(33)16-32-28-14-15-29-32/h1-15,24H,16-18H2,(H,30,34)(H,31,33)/t24-/m0/s1. The number of carbonyl (C=O) groups excluding carboxylic acids is 2. The smallest absolute Gasteiger partial charge is 0.249 e. The van der Waals surface area contributed by atoms with Crippen molar-refractivity contribution in [3.8, 4) is 11.5 Å². The van der Waals surface area contributed by atoms with Gasteiger partial charge in [0, 0.05) is 5.69 Å². The topological polar surface area (TPSA) is 107 Å². The highest BCUT2D eigenvalue weighted by molar-refractivity contribution is 5.97. The van der Waals surface area contributed by atoms with Gasteiger partial charge in [-0.05, 0) is 54.1 Å². The highest BCUT2D eigenvalue weighted by atomic mass is 19.1. The van der Waals surface area contributed by atoms with Gasteiger partial charge in [-0.1, -0.05) is 30.3 Å².